The summed E-state index contributed by atoms with van der Waals surface area (Å²) in [4.78, 5) is 7.98. The zero-order valence-electron chi connectivity index (χ0n) is 20.0. The van der Waals surface area contributed by atoms with Crippen LogP contribution < -0.4 is 0 Å². The molecule has 3 nitrogen and oxygen atoms in total. The molecule has 0 unspecified atom stereocenters. The first-order valence-corrected chi connectivity index (χ1v) is 12.1. The van der Waals surface area contributed by atoms with Crippen LogP contribution in [0.5, 0.6) is 0 Å². The van der Waals surface area contributed by atoms with Crippen molar-refractivity contribution >= 4 is 0 Å². The molecular weight excluding hydrogens is 409 g/mol. The molecule has 4 heteroatoms. The molecule has 0 N–H and O–H groups in total. The van der Waals surface area contributed by atoms with Crippen LogP contribution in [0.3, 0.4) is 0 Å². The topological polar surface area (TPSA) is 9.72 Å². The molecule has 0 radical (unpaired) electrons. The summed E-state index contributed by atoms with van der Waals surface area (Å²) in [5.41, 5.74) is 4.55. The van der Waals surface area contributed by atoms with Gasteiger partial charge in [0, 0.05) is 0 Å². The second kappa shape index (κ2) is 9.99. The van der Waals surface area contributed by atoms with Gasteiger partial charge in [-0.3, -0.25) is 0 Å². The molecule has 1 aliphatic carbocycles. The van der Waals surface area contributed by atoms with E-state index in [1.54, 1.807) is 28.0 Å². The molecule has 0 amide bonds. The van der Waals surface area contributed by atoms with Gasteiger partial charge in [-0.25, -0.2) is 0 Å². The van der Waals surface area contributed by atoms with Crippen LogP contribution in [-0.4, -0.2) is 51.0 Å². The second-order valence-corrected chi connectivity index (χ2v) is 11.1. The first kappa shape index (κ1) is 24.8. The summed E-state index contributed by atoms with van der Waals surface area (Å²) in [6.45, 7) is 28.1. The summed E-state index contributed by atoms with van der Waals surface area (Å²) in [5.74, 6) is 0. The number of hydrogen-bond acceptors (Lipinski definition) is 3. The molecule has 0 aliphatic heterocycles. The van der Waals surface area contributed by atoms with Crippen molar-refractivity contribution in [2.24, 2.45) is 0 Å². The maximum absolute atomic E-state index is 2.66. The fourth-order valence-electron chi connectivity index (χ4n) is 4.82. The van der Waals surface area contributed by atoms with Gasteiger partial charge in [-0.2, -0.15) is 0 Å². The quantitative estimate of drug-likeness (QED) is 0.442. The van der Waals surface area contributed by atoms with Crippen molar-refractivity contribution in [2.75, 3.05) is 0 Å². The molecule has 0 spiro atoms. The molecule has 0 saturated carbocycles. The molecule has 0 aromatic rings. The fourth-order valence-corrected chi connectivity index (χ4v) is 5.84. The normalized spacial score (nSPS) is 15.6. The molecule has 155 valence electrons. The van der Waals surface area contributed by atoms with E-state index in [-0.39, 0.29) is 0 Å². The van der Waals surface area contributed by atoms with Crippen LogP contribution in [0.15, 0.2) is 20.4 Å². The van der Waals surface area contributed by atoms with Gasteiger partial charge in [-0.1, -0.05) is 0 Å². The van der Waals surface area contributed by atoms with Crippen LogP contribution in [0.2, 0.25) is 0 Å². The Morgan fingerprint density at radius 3 is 1.11 bits per heavy atom. The van der Waals surface area contributed by atoms with E-state index in [0.29, 0.717) is 36.3 Å². The van der Waals surface area contributed by atoms with E-state index in [4.69, 9.17) is 0 Å². The fraction of sp³-hybridized carbons (Fsp3) is 0.826. The van der Waals surface area contributed by atoms with Gasteiger partial charge < -0.3 is 0 Å². The summed E-state index contributed by atoms with van der Waals surface area (Å²) < 4.78 is 1.60. The summed E-state index contributed by atoms with van der Waals surface area (Å²) in [6.07, 6.45) is 1.10. The summed E-state index contributed by atoms with van der Waals surface area (Å²) in [5, 5.41) is 0. The Hall–Kier alpha value is -0.237. The van der Waals surface area contributed by atoms with Gasteiger partial charge in [0.05, 0.1) is 0 Å². The molecule has 1 rings (SSSR count). The van der Waals surface area contributed by atoms with Crippen molar-refractivity contribution in [3.63, 3.8) is 0 Å². The minimum absolute atomic E-state index is 0.481. The zero-order chi connectivity index (χ0) is 21.2. The van der Waals surface area contributed by atoms with Gasteiger partial charge in [-0.15, -0.1) is 0 Å². The van der Waals surface area contributed by atoms with Gasteiger partial charge in [0.25, 0.3) is 0 Å². The molecular formula is C23H44N3Zr. The van der Waals surface area contributed by atoms with Crippen molar-refractivity contribution < 1.29 is 24.7 Å². The standard InChI is InChI=1S/C23H44N3.Zr/c1-15(2)24(16(3)4)21-13-14-22(25(17(5)6)18(7)8)23(21)26(19(9)10)20(11)12;/h15-20H,13H2,1-12H3;. The monoisotopic (exact) mass is 452 g/mol. The number of allylic oxidation sites excluding steroid dienone is 1. The van der Waals surface area contributed by atoms with Crippen LogP contribution in [0.25, 0.3) is 0 Å². The van der Waals surface area contributed by atoms with Crippen LogP contribution in [-0.2, 0) is 24.7 Å². The predicted octanol–water partition coefficient (Wildman–Crippen LogP) is 5.72. The SMILES string of the molecule is CC(C)N(C1=C(N(C(C)C)C(C)C)C(N(C(C)C)C(C)C)=[C]([Zr])C1)C(C)C. The molecule has 27 heavy (non-hydrogen) atoms. The van der Waals surface area contributed by atoms with E-state index in [0.717, 1.165) is 6.42 Å². The summed E-state index contributed by atoms with van der Waals surface area (Å²) >= 11 is 1.55. The van der Waals surface area contributed by atoms with E-state index in [2.05, 4.69) is 97.8 Å². The van der Waals surface area contributed by atoms with Crippen molar-refractivity contribution in [3.05, 3.63) is 20.4 Å². The number of rotatable bonds is 9. The third-order valence-corrected chi connectivity index (χ3v) is 6.31. The van der Waals surface area contributed by atoms with Crippen molar-refractivity contribution in [2.45, 2.75) is 126 Å². The third kappa shape index (κ3) is 5.43. The Morgan fingerprint density at radius 1 is 0.519 bits per heavy atom. The Kier molecular flexibility index (Phi) is 9.18. The minimum atomic E-state index is 0.481. The molecule has 0 heterocycles. The zero-order valence-corrected chi connectivity index (χ0v) is 22.5. The molecule has 0 fully saturated rings. The third-order valence-electron chi connectivity index (χ3n) is 5.29. The van der Waals surface area contributed by atoms with Gasteiger partial charge in [0.15, 0.2) is 0 Å². The average molecular weight is 454 g/mol. The molecule has 1 aliphatic rings. The Morgan fingerprint density at radius 2 is 0.815 bits per heavy atom. The van der Waals surface area contributed by atoms with Crippen molar-refractivity contribution in [1.82, 2.24) is 14.7 Å². The van der Waals surface area contributed by atoms with E-state index in [9.17, 15) is 0 Å². The van der Waals surface area contributed by atoms with Crippen molar-refractivity contribution in [1.29, 1.82) is 0 Å². The van der Waals surface area contributed by atoms with E-state index in [1.165, 1.54) is 17.1 Å². The predicted molar refractivity (Wildman–Crippen MR) is 115 cm³/mol. The maximum atomic E-state index is 2.66. The van der Waals surface area contributed by atoms with Gasteiger partial charge >= 0.3 is 186 Å². The van der Waals surface area contributed by atoms with Crippen LogP contribution in [0.1, 0.15) is 89.5 Å². The summed E-state index contributed by atoms with van der Waals surface area (Å²) in [6, 6.07) is 2.97. The number of nitrogens with zero attached hydrogens (tertiary/aromatic N) is 3. The van der Waals surface area contributed by atoms with Gasteiger partial charge in [0.2, 0.25) is 0 Å². The van der Waals surface area contributed by atoms with Gasteiger partial charge in [-0.05, 0) is 0 Å². The summed E-state index contributed by atoms with van der Waals surface area (Å²) in [7, 11) is 0. The molecule has 0 saturated heterocycles. The molecule has 0 bridgehead atoms. The van der Waals surface area contributed by atoms with E-state index in [1.807, 2.05) is 0 Å². The van der Waals surface area contributed by atoms with Crippen LogP contribution in [0, 0.1) is 0 Å². The van der Waals surface area contributed by atoms with Crippen LogP contribution >= 0.6 is 0 Å². The van der Waals surface area contributed by atoms with Crippen molar-refractivity contribution in [3.8, 4) is 0 Å². The molecule has 0 atom stereocenters. The van der Waals surface area contributed by atoms with E-state index >= 15 is 0 Å². The molecule has 0 aromatic heterocycles. The Bertz CT molecular complexity index is 532. The first-order chi connectivity index (χ1) is 12.3. The number of hydrogen-bond donors (Lipinski definition) is 0. The van der Waals surface area contributed by atoms with E-state index < -0.39 is 0 Å². The van der Waals surface area contributed by atoms with Gasteiger partial charge in [0.1, 0.15) is 0 Å². The average Bonchev–Trinajstić information content (AvgIpc) is 2.75. The first-order valence-electron chi connectivity index (χ1n) is 10.9. The molecule has 0 aromatic carbocycles. The Balaban J connectivity index is 3.77. The Labute approximate surface area is 185 Å². The second-order valence-electron chi connectivity index (χ2n) is 9.58. The van der Waals surface area contributed by atoms with Crippen LogP contribution in [0.4, 0.5) is 0 Å².